The first-order valence-corrected chi connectivity index (χ1v) is 4.95. The van der Waals surface area contributed by atoms with Gasteiger partial charge in [0.1, 0.15) is 0 Å². The highest BCUT2D eigenvalue weighted by molar-refractivity contribution is 5.24. The molecule has 0 fully saturated rings. The molecule has 0 unspecified atom stereocenters. The van der Waals surface area contributed by atoms with Crippen molar-refractivity contribution in [2.45, 2.75) is 32.6 Å². The number of aryl methyl sites for hydroxylation is 1. The van der Waals surface area contributed by atoms with E-state index in [9.17, 15) is 10.1 Å². The molecule has 0 aromatic carbocycles. The normalized spacial score (nSPS) is 11.7. The van der Waals surface area contributed by atoms with Crippen molar-refractivity contribution in [3.8, 4) is 0 Å². The number of nitrogens with zero attached hydrogens (tertiary/aromatic N) is 3. The summed E-state index contributed by atoms with van der Waals surface area (Å²) in [6.45, 7) is 6.15. The van der Waals surface area contributed by atoms with Crippen molar-refractivity contribution in [2.75, 3.05) is 6.54 Å². The Labute approximate surface area is 89.2 Å². The molecule has 5 nitrogen and oxygen atoms in total. The SMILES string of the molecule is Cn1cc(CC[N+](=O)[O-])c(C(C)(C)C)n1. The summed E-state index contributed by atoms with van der Waals surface area (Å²) in [7, 11) is 1.84. The van der Waals surface area contributed by atoms with E-state index in [0.717, 1.165) is 11.3 Å². The van der Waals surface area contributed by atoms with Gasteiger partial charge in [-0.2, -0.15) is 5.10 Å². The van der Waals surface area contributed by atoms with E-state index in [1.807, 2.05) is 13.2 Å². The minimum atomic E-state index is -0.292. The van der Waals surface area contributed by atoms with Gasteiger partial charge in [-0.05, 0) is 0 Å². The second kappa shape index (κ2) is 4.00. The standard InChI is InChI=1S/C10H17N3O2/c1-10(2,3)9-8(5-6-13(14)15)7-12(4)11-9/h7H,5-6H2,1-4H3. The molecule has 0 aliphatic carbocycles. The van der Waals surface area contributed by atoms with E-state index in [1.54, 1.807) is 4.68 Å². The lowest BCUT2D eigenvalue weighted by atomic mass is 9.89. The average Bonchev–Trinajstić information content (AvgIpc) is 2.42. The highest BCUT2D eigenvalue weighted by atomic mass is 16.6. The first kappa shape index (κ1) is 11.7. The maximum Gasteiger partial charge on any atom is 0.208 e. The lowest BCUT2D eigenvalue weighted by Gasteiger charge is -2.16. The molecule has 84 valence electrons. The third kappa shape index (κ3) is 3.04. The van der Waals surface area contributed by atoms with Crippen molar-refractivity contribution in [2.24, 2.45) is 7.05 Å². The molecule has 0 bridgehead atoms. The molecular formula is C10H17N3O2. The van der Waals surface area contributed by atoms with Gasteiger partial charge in [0.15, 0.2) is 0 Å². The van der Waals surface area contributed by atoms with Gasteiger partial charge < -0.3 is 0 Å². The fraction of sp³-hybridized carbons (Fsp3) is 0.700. The van der Waals surface area contributed by atoms with Gasteiger partial charge in [-0.1, -0.05) is 20.8 Å². The summed E-state index contributed by atoms with van der Waals surface area (Å²) >= 11 is 0. The van der Waals surface area contributed by atoms with Crippen LogP contribution in [0.25, 0.3) is 0 Å². The summed E-state index contributed by atoms with van der Waals surface area (Å²) in [6.07, 6.45) is 2.32. The van der Waals surface area contributed by atoms with Crippen molar-refractivity contribution >= 4 is 0 Å². The fourth-order valence-electron chi connectivity index (χ4n) is 1.56. The summed E-state index contributed by atoms with van der Waals surface area (Å²) in [4.78, 5) is 10.0. The molecule has 0 aliphatic rings. The third-order valence-corrected chi connectivity index (χ3v) is 2.18. The summed E-state index contributed by atoms with van der Waals surface area (Å²) < 4.78 is 1.72. The van der Waals surface area contributed by atoms with Crippen LogP contribution in [0.4, 0.5) is 0 Å². The van der Waals surface area contributed by atoms with Crippen molar-refractivity contribution < 1.29 is 4.92 Å². The largest absolute Gasteiger partial charge is 0.275 e. The van der Waals surface area contributed by atoms with E-state index in [-0.39, 0.29) is 16.9 Å². The van der Waals surface area contributed by atoms with Crippen molar-refractivity contribution in [1.29, 1.82) is 0 Å². The molecule has 1 rings (SSSR count). The Bertz CT molecular complexity index is 363. The lowest BCUT2D eigenvalue weighted by molar-refractivity contribution is -0.479. The molecule has 0 saturated heterocycles. The second-order valence-electron chi connectivity index (χ2n) is 4.73. The minimum Gasteiger partial charge on any atom is -0.275 e. The van der Waals surface area contributed by atoms with E-state index in [1.165, 1.54) is 0 Å². The molecule has 0 saturated carbocycles. The van der Waals surface area contributed by atoms with Crippen LogP contribution < -0.4 is 0 Å². The van der Waals surface area contributed by atoms with Gasteiger partial charge >= 0.3 is 0 Å². The van der Waals surface area contributed by atoms with Crippen LogP contribution in [0.1, 0.15) is 32.0 Å². The Kier molecular flexibility index (Phi) is 3.12. The predicted octanol–water partition coefficient (Wildman–Crippen LogP) is 1.54. The van der Waals surface area contributed by atoms with Gasteiger partial charge in [-0.25, -0.2) is 0 Å². The van der Waals surface area contributed by atoms with Gasteiger partial charge in [0, 0.05) is 35.6 Å². The molecule has 0 amide bonds. The predicted molar refractivity (Wildman–Crippen MR) is 57.5 cm³/mol. The molecule has 1 aromatic rings. The van der Waals surface area contributed by atoms with Crippen LogP contribution >= 0.6 is 0 Å². The Morgan fingerprint density at radius 3 is 2.60 bits per heavy atom. The van der Waals surface area contributed by atoms with E-state index in [2.05, 4.69) is 25.9 Å². The fourth-order valence-corrected chi connectivity index (χ4v) is 1.56. The third-order valence-electron chi connectivity index (χ3n) is 2.18. The number of hydrogen-bond acceptors (Lipinski definition) is 3. The summed E-state index contributed by atoms with van der Waals surface area (Å²) in [5.74, 6) is 0. The van der Waals surface area contributed by atoms with Crippen LogP contribution in [0.2, 0.25) is 0 Å². The lowest BCUT2D eigenvalue weighted by Crippen LogP contribution is -2.16. The number of aromatic nitrogens is 2. The molecule has 1 aromatic heterocycles. The quantitative estimate of drug-likeness (QED) is 0.562. The smallest absolute Gasteiger partial charge is 0.208 e. The van der Waals surface area contributed by atoms with E-state index in [4.69, 9.17) is 0 Å². The first-order chi connectivity index (χ1) is 6.80. The first-order valence-electron chi connectivity index (χ1n) is 4.95. The Balaban J connectivity index is 2.91. The molecule has 0 N–H and O–H groups in total. The molecule has 0 aliphatic heterocycles. The topological polar surface area (TPSA) is 61.0 Å². The van der Waals surface area contributed by atoms with Crippen LogP contribution in [0.5, 0.6) is 0 Å². The summed E-state index contributed by atoms with van der Waals surface area (Å²) in [5.41, 5.74) is 1.86. The Morgan fingerprint density at radius 2 is 2.13 bits per heavy atom. The summed E-state index contributed by atoms with van der Waals surface area (Å²) in [6, 6.07) is 0. The molecule has 0 radical (unpaired) electrons. The monoisotopic (exact) mass is 211 g/mol. The van der Waals surface area contributed by atoms with Crippen molar-refractivity contribution in [3.05, 3.63) is 27.6 Å². The average molecular weight is 211 g/mol. The van der Waals surface area contributed by atoms with Gasteiger partial charge in [-0.15, -0.1) is 0 Å². The van der Waals surface area contributed by atoms with E-state index >= 15 is 0 Å². The van der Waals surface area contributed by atoms with Crippen LogP contribution in [0, 0.1) is 10.1 Å². The van der Waals surface area contributed by atoms with Crippen LogP contribution in [-0.2, 0) is 18.9 Å². The second-order valence-corrected chi connectivity index (χ2v) is 4.73. The molecule has 1 heterocycles. The Morgan fingerprint density at radius 1 is 1.53 bits per heavy atom. The maximum absolute atomic E-state index is 10.3. The van der Waals surface area contributed by atoms with Crippen LogP contribution in [-0.4, -0.2) is 21.2 Å². The zero-order chi connectivity index (χ0) is 11.6. The highest BCUT2D eigenvalue weighted by Gasteiger charge is 2.22. The number of rotatable bonds is 3. The van der Waals surface area contributed by atoms with Gasteiger partial charge in [-0.3, -0.25) is 14.8 Å². The van der Waals surface area contributed by atoms with Crippen LogP contribution in [0.3, 0.4) is 0 Å². The van der Waals surface area contributed by atoms with Gasteiger partial charge in [0.2, 0.25) is 6.54 Å². The van der Waals surface area contributed by atoms with E-state index < -0.39 is 0 Å². The molecule has 0 spiro atoms. The zero-order valence-electron chi connectivity index (χ0n) is 9.65. The molecular weight excluding hydrogens is 194 g/mol. The molecule has 5 heteroatoms. The van der Waals surface area contributed by atoms with Gasteiger partial charge in [0.05, 0.1) is 5.69 Å². The Hall–Kier alpha value is -1.39. The summed E-state index contributed by atoms with van der Waals surface area (Å²) in [5, 5.41) is 14.7. The molecule has 15 heavy (non-hydrogen) atoms. The maximum atomic E-state index is 10.3. The number of hydrogen-bond donors (Lipinski definition) is 0. The highest BCUT2D eigenvalue weighted by Crippen LogP contribution is 2.24. The van der Waals surface area contributed by atoms with Crippen molar-refractivity contribution in [1.82, 2.24) is 9.78 Å². The molecule has 0 atom stereocenters. The van der Waals surface area contributed by atoms with E-state index in [0.29, 0.717) is 6.42 Å². The van der Waals surface area contributed by atoms with Crippen molar-refractivity contribution in [3.63, 3.8) is 0 Å². The number of nitro groups is 1. The van der Waals surface area contributed by atoms with Gasteiger partial charge in [0.25, 0.3) is 0 Å². The minimum absolute atomic E-state index is 0.0330. The van der Waals surface area contributed by atoms with Crippen LogP contribution in [0.15, 0.2) is 6.20 Å². The zero-order valence-corrected chi connectivity index (χ0v) is 9.65.